The van der Waals surface area contributed by atoms with E-state index in [0.717, 1.165) is 59.1 Å². The van der Waals surface area contributed by atoms with Crippen molar-refractivity contribution < 1.29 is 4.74 Å². The SMILES string of the molecule is CC.CC(C)c1cc2c(cn1)COC2.CC(C)c1cccnn1.CC(C)c1cnc2ccccc2n1.CCc1nc(C(C)C)cnc1C. The molecule has 0 fully saturated rings. The molecule has 6 rings (SSSR count). The zero-order valence-electron chi connectivity index (χ0n) is 31.3. The molecule has 1 aliphatic rings. The maximum absolute atomic E-state index is 5.31. The van der Waals surface area contributed by atoms with Crippen LogP contribution in [-0.4, -0.2) is 35.1 Å². The fourth-order valence-corrected chi connectivity index (χ4v) is 4.38. The van der Waals surface area contributed by atoms with Crippen LogP contribution in [-0.2, 0) is 24.4 Å². The summed E-state index contributed by atoms with van der Waals surface area (Å²) in [7, 11) is 0. The molecule has 5 aromatic rings. The van der Waals surface area contributed by atoms with E-state index in [4.69, 9.17) is 4.74 Å². The van der Waals surface area contributed by atoms with Gasteiger partial charge in [0.1, 0.15) is 0 Å². The fraction of sp³-hybridized carbons (Fsp3) is 0.475. The Morgan fingerprint density at radius 3 is 1.77 bits per heavy atom. The molecule has 0 saturated carbocycles. The largest absolute Gasteiger partial charge is 0.372 e. The predicted molar refractivity (Wildman–Crippen MR) is 198 cm³/mol. The van der Waals surface area contributed by atoms with Gasteiger partial charge in [-0.3, -0.25) is 19.9 Å². The lowest BCUT2D eigenvalue weighted by Crippen LogP contribution is -2.01. The van der Waals surface area contributed by atoms with Crippen LogP contribution in [0.4, 0.5) is 0 Å². The molecule has 8 heteroatoms. The summed E-state index contributed by atoms with van der Waals surface area (Å²) in [5.74, 6) is 1.91. The van der Waals surface area contributed by atoms with Gasteiger partial charge in [0.2, 0.25) is 0 Å². The number of pyridine rings is 1. The first kappa shape index (κ1) is 40.0. The molecule has 0 N–H and O–H groups in total. The standard InChI is InChI=1S/C11H12N2.C10H16N2.C10H13NO.C7H10N2.C2H6/c1-8(2)11-7-12-9-5-3-4-6-10(9)13-11;1-5-9-8(4)11-6-10(12-9)7(2)3;1-7(2)10-3-8-5-12-6-9(8)4-11-10;1-6(2)7-4-3-5-8-9-7;1-2/h3-8H,1-2H3;6-7H,5H2,1-4H3;3-4,7H,5-6H2,1-2H3;3-6H,1-2H3;1-2H3. The molecule has 0 radical (unpaired) electrons. The second-order valence-corrected chi connectivity index (χ2v) is 12.6. The first-order valence-electron chi connectivity index (χ1n) is 17.4. The smallest absolute Gasteiger partial charge is 0.0890 e. The van der Waals surface area contributed by atoms with E-state index in [1.807, 2.05) is 75.8 Å². The number of ether oxygens (including phenoxy) is 1. The topological polar surface area (TPSA) is 99.5 Å². The summed E-state index contributed by atoms with van der Waals surface area (Å²) in [6.45, 7) is 26.7. The van der Waals surface area contributed by atoms with Crippen molar-refractivity contribution in [3.63, 3.8) is 0 Å². The quantitative estimate of drug-likeness (QED) is 0.185. The van der Waals surface area contributed by atoms with Gasteiger partial charge >= 0.3 is 0 Å². The highest BCUT2D eigenvalue weighted by atomic mass is 16.5. The Balaban J connectivity index is 0.000000220. The number of rotatable bonds is 5. The van der Waals surface area contributed by atoms with Gasteiger partial charge in [0, 0.05) is 36.0 Å². The van der Waals surface area contributed by atoms with Crippen LogP contribution in [0.25, 0.3) is 11.0 Å². The van der Waals surface area contributed by atoms with Gasteiger partial charge in [-0.25, -0.2) is 4.98 Å². The van der Waals surface area contributed by atoms with Crippen LogP contribution in [0.2, 0.25) is 0 Å². The minimum atomic E-state index is 0.442. The summed E-state index contributed by atoms with van der Waals surface area (Å²) in [5, 5.41) is 7.68. The number of hydrogen-bond acceptors (Lipinski definition) is 8. The van der Waals surface area contributed by atoms with Crippen molar-refractivity contribution in [2.24, 2.45) is 0 Å². The van der Waals surface area contributed by atoms with Gasteiger partial charge in [0.15, 0.2) is 0 Å². The van der Waals surface area contributed by atoms with Crippen molar-refractivity contribution in [2.45, 2.75) is 126 Å². The van der Waals surface area contributed by atoms with Crippen molar-refractivity contribution in [2.75, 3.05) is 0 Å². The van der Waals surface area contributed by atoms with Gasteiger partial charge in [-0.05, 0) is 72.9 Å². The van der Waals surface area contributed by atoms with Crippen LogP contribution in [0.5, 0.6) is 0 Å². The first-order chi connectivity index (χ1) is 23.0. The second kappa shape index (κ2) is 20.9. The van der Waals surface area contributed by atoms with Crippen LogP contribution in [0.3, 0.4) is 0 Å². The third-order valence-corrected chi connectivity index (χ3v) is 7.45. The molecular formula is C40H57N7O. The van der Waals surface area contributed by atoms with Gasteiger partial charge in [-0.1, -0.05) is 88.3 Å². The normalized spacial score (nSPS) is 11.5. The molecule has 0 atom stereocenters. The molecule has 258 valence electrons. The highest BCUT2D eigenvalue weighted by Gasteiger charge is 2.13. The lowest BCUT2D eigenvalue weighted by Gasteiger charge is -2.07. The minimum absolute atomic E-state index is 0.442. The Morgan fingerprint density at radius 1 is 0.625 bits per heavy atom. The average Bonchev–Trinajstić information content (AvgIpc) is 3.58. The molecule has 5 heterocycles. The Kier molecular flexibility index (Phi) is 17.4. The lowest BCUT2D eigenvalue weighted by molar-refractivity contribution is 0.134. The molecule has 0 bridgehead atoms. The third kappa shape index (κ3) is 12.8. The number of nitrogens with zero attached hydrogens (tertiary/aromatic N) is 7. The molecule has 0 amide bonds. The summed E-state index contributed by atoms with van der Waals surface area (Å²) >= 11 is 0. The summed E-state index contributed by atoms with van der Waals surface area (Å²) in [6, 6.07) is 14.0. The summed E-state index contributed by atoms with van der Waals surface area (Å²) < 4.78 is 5.31. The number of aryl methyl sites for hydroxylation is 2. The molecule has 0 spiro atoms. The Bertz CT molecular complexity index is 1620. The summed E-state index contributed by atoms with van der Waals surface area (Å²) in [5.41, 5.74) is 11.1. The van der Waals surface area contributed by atoms with E-state index in [1.165, 1.54) is 16.8 Å². The molecule has 0 saturated heterocycles. The minimum Gasteiger partial charge on any atom is -0.372 e. The average molecular weight is 652 g/mol. The number of aromatic nitrogens is 7. The molecular weight excluding hydrogens is 594 g/mol. The molecule has 4 aromatic heterocycles. The Hall–Kier alpha value is -4.17. The van der Waals surface area contributed by atoms with E-state index in [0.29, 0.717) is 23.7 Å². The van der Waals surface area contributed by atoms with Gasteiger partial charge in [-0.2, -0.15) is 10.2 Å². The number of benzene rings is 1. The van der Waals surface area contributed by atoms with E-state index in [-0.39, 0.29) is 0 Å². The van der Waals surface area contributed by atoms with Crippen molar-refractivity contribution in [3.05, 3.63) is 113 Å². The number of hydrogen-bond donors (Lipinski definition) is 0. The maximum Gasteiger partial charge on any atom is 0.0890 e. The summed E-state index contributed by atoms with van der Waals surface area (Å²) in [4.78, 5) is 22.1. The first-order valence-corrected chi connectivity index (χ1v) is 17.4. The van der Waals surface area contributed by atoms with E-state index >= 15 is 0 Å². The molecule has 1 aliphatic heterocycles. The zero-order valence-corrected chi connectivity index (χ0v) is 31.3. The molecule has 0 unspecified atom stereocenters. The van der Waals surface area contributed by atoms with Crippen molar-refractivity contribution in [1.29, 1.82) is 0 Å². The predicted octanol–water partition coefficient (Wildman–Crippen LogP) is 10.1. The fourth-order valence-electron chi connectivity index (χ4n) is 4.38. The highest BCUT2D eigenvalue weighted by Crippen LogP contribution is 2.22. The zero-order chi connectivity index (χ0) is 35.6. The van der Waals surface area contributed by atoms with Crippen molar-refractivity contribution >= 4 is 11.0 Å². The van der Waals surface area contributed by atoms with Crippen LogP contribution in [0.1, 0.15) is 145 Å². The van der Waals surface area contributed by atoms with Gasteiger partial charge in [-0.15, -0.1) is 0 Å². The van der Waals surface area contributed by atoms with E-state index in [9.17, 15) is 0 Å². The van der Waals surface area contributed by atoms with Crippen LogP contribution < -0.4 is 0 Å². The molecule has 0 aliphatic carbocycles. The maximum atomic E-state index is 5.31. The van der Waals surface area contributed by atoms with E-state index in [1.54, 1.807) is 6.20 Å². The van der Waals surface area contributed by atoms with Crippen LogP contribution in [0, 0.1) is 6.92 Å². The monoisotopic (exact) mass is 651 g/mol. The van der Waals surface area contributed by atoms with Crippen molar-refractivity contribution in [3.8, 4) is 0 Å². The molecule has 1 aromatic carbocycles. The molecule has 48 heavy (non-hydrogen) atoms. The third-order valence-electron chi connectivity index (χ3n) is 7.45. The van der Waals surface area contributed by atoms with Crippen LogP contribution >= 0.6 is 0 Å². The molecule has 8 nitrogen and oxygen atoms in total. The van der Waals surface area contributed by atoms with Crippen LogP contribution in [0.15, 0.2) is 67.3 Å². The van der Waals surface area contributed by atoms with E-state index < -0.39 is 0 Å². The summed E-state index contributed by atoms with van der Waals surface area (Å²) in [6.07, 6.45) is 8.33. The highest BCUT2D eigenvalue weighted by molar-refractivity contribution is 5.73. The van der Waals surface area contributed by atoms with Gasteiger partial charge < -0.3 is 4.74 Å². The van der Waals surface area contributed by atoms with E-state index in [2.05, 4.69) is 103 Å². The Labute approximate surface area is 289 Å². The number of fused-ring (bicyclic) bond motifs is 2. The van der Waals surface area contributed by atoms with Gasteiger partial charge in [0.05, 0.1) is 52.7 Å². The van der Waals surface area contributed by atoms with Crippen molar-refractivity contribution in [1.82, 2.24) is 35.1 Å². The second-order valence-electron chi connectivity index (χ2n) is 12.6. The Morgan fingerprint density at radius 2 is 1.21 bits per heavy atom. The lowest BCUT2D eigenvalue weighted by atomic mass is 10.1. The number of para-hydroxylation sites is 2. The van der Waals surface area contributed by atoms with Gasteiger partial charge in [0.25, 0.3) is 0 Å².